The maximum Gasteiger partial charge on any atom is 0.381 e. The molecule has 66 valence electrons. The summed E-state index contributed by atoms with van der Waals surface area (Å²) in [6.07, 6.45) is 1.58. The monoisotopic (exact) mass is 182 g/mol. The zero-order valence-electron chi connectivity index (χ0n) is 5.97. The molecule has 11 heavy (non-hydrogen) atoms. The average molecular weight is 182 g/mol. The topological polar surface area (TPSA) is 76.0 Å². The first-order valence-corrected chi connectivity index (χ1v) is 5.07. The van der Waals surface area contributed by atoms with Gasteiger partial charge in [0.15, 0.2) is 0 Å². The fraction of sp³-hybridized carbons (Fsp3) is 1.00. The molecule has 0 aromatic carbocycles. The molecule has 0 bridgehead atoms. The Kier molecular flexibility index (Phi) is 3.04. The molecule has 1 saturated heterocycles. The van der Waals surface area contributed by atoms with Gasteiger partial charge in [0.05, 0.1) is 13.2 Å². The predicted molar refractivity (Wildman–Crippen MR) is 37.0 cm³/mol. The van der Waals surface area contributed by atoms with Gasteiger partial charge in [-0.15, -0.1) is 0 Å². The molecule has 0 aromatic rings. The lowest BCUT2D eigenvalue weighted by Gasteiger charge is -2.15. The van der Waals surface area contributed by atoms with E-state index in [1.807, 2.05) is 0 Å². The summed E-state index contributed by atoms with van der Waals surface area (Å²) >= 11 is 0. The van der Waals surface area contributed by atoms with Gasteiger partial charge in [0.1, 0.15) is 0 Å². The van der Waals surface area contributed by atoms with Gasteiger partial charge in [-0.2, -0.15) is 0 Å². The van der Waals surface area contributed by atoms with Crippen LogP contribution in [0.25, 0.3) is 0 Å². The number of hydrogen-bond acceptors (Lipinski definition) is 3. The first kappa shape index (κ1) is 9.16. The quantitative estimate of drug-likeness (QED) is 0.569. The van der Waals surface area contributed by atoms with E-state index in [1.165, 1.54) is 0 Å². The Labute approximate surface area is 64.5 Å². The zero-order valence-corrected chi connectivity index (χ0v) is 6.87. The Hall–Kier alpha value is 0.0700. The highest BCUT2D eigenvalue weighted by Gasteiger charge is 2.31. The van der Waals surface area contributed by atoms with Crippen molar-refractivity contribution in [1.29, 1.82) is 0 Å². The molecule has 1 heterocycles. The zero-order chi connectivity index (χ0) is 8.32. The normalized spacial score (nSPS) is 23.1. The number of ether oxygens (including phenoxy) is 2. The molecule has 5 nitrogen and oxygen atoms in total. The molecule has 0 saturated carbocycles. The van der Waals surface area contributed by atoms with Gasteiger partial charge in [-0.3, -0.25) is 4.57 Å². The second kappa shape index (κ2) is 3.65. The summed E-state index contributed by atoms with van der Waals surface area (Å²) < 4.78 is 20.1. The minimum atomic E-state index is -4.21. The van der Waals surface area contributed by atoms with E-state index in [-0.39, 0.29) is 0 Å². The van der Waals surface area contributed by atoms with E-state index >= 15 is 0 Å². The fourth-order valence-electron chi connectivity index (χ4n) is 0.815. The molecule has 1 aliphatic rings. The largest absolute Gasteiger partial charge is 0.381 e. The molecule has 1 fully saturated rings. The van der Waals surface area contributed by atoms with Crippen molar-refractivity contribution >= 4 is 7.60 Å². The Balaban J connectivity index is 2.49. The van der Waals surface area contributed by atoms with Crippen molar-refractivity contribution in [2.45, 2.75) is 18.9 Å². The first-order valence-electron chi connectivity index (χ1n) is 3.39. The highest BCUT2D eigenvalue weighted by Crippen LogP contribution is 2.43. The van der Waals surface area contributed by atoms with Gasteiger partial charge in [-0.25, -0.2) is 0 Å². The number of hydrogen-bond donors (Lipinski definition) is 2. The van der Waals surface area contributed by atoms with Crippen LogP contribution >= 0.6 is 7.60 Å². The Morgan fingerprint density at radius 2 is 1.64 bits per heavy atom. The van der Waals surface area contributed by atoms with Crippen molar-refractivity contribution in [1.82, 2.24) is 0 Å². The SMILES string of the molecule is O=P(O)(O)C1OCCCCO1. The van der Waals surface area contributed by atoms with Crippen LogP contribution in [-0.2, 0) is 14.0 Å². The third kappa shape index (κ3) is 2.89. The van der Waals surface area contributed by atoms with Gasteiger partial charge in [0.25, 0.3) is 6.03 Å². The van der Waals surface area contributed by atoms with Gasteiger partial charge in [-0.05, 0) is 12.8 Å². The van der Waals surface area contributed by atoms with Crippen molar-refractivity contribution in [3.05, 3.63) is 0 Å². The van der Waals surface area contributed by atoms with E-state index in [0.29, 0.717) is 13.2 Å². The molecule has 0 aromatic heterocycles. The van der Waals surface area contributed by atoms with Crippen LogP contribution in [0.15, 0.2) is 0 Å². The first-order chi connectivity index (χ1) is 5.11. The molecule has 1 rings (SSSR count). The molecule has 1 aliphatic heterocycles. The second-order valence-corrected chi connectivity index (χ2v) is 3.94. The molecule has 0 radical (unpaired) electrons. The van der Waals surface area contributed by atoms with Gasteiger partial charge < -0.3 is 19.3 Å². The van der Waals surface area contributed by atoms with Crippen LogP contribution in [-0.4, -0.2) is 29.0 Å². The molecule has 0 atom stereocenters. The highest BCUT2D eigenvalue weighted by atomic mass is 31.2. The summed E-state index contributed by atoms with van der Waals surface area (Å²) in [5.74, 6) is 0. The van der Waals surface area contributed by atoms with E-state index in [0.717, 1.165) is 12.8 Å². The number of rotatable bonds is 1. The summed E-state index contributed by atoms with van der Waals surface area (Å²) in [7, 11) is -4.21. The molecule has 0 spiro atoms. The lowest BCUT2D eigenvalue weighted by molar-refractivity contribution is -0.0825. The van der Waals surface area contributed by atoms with E-state index < -0.39 is 13.6 Å². The Morgan fingerprint density at radius 3 is 2.00 bits per heavy atom. The molecule has 0 unspecified atom stereocenters. The van der Waals surface area contributed by atoms with Gasteiger partial charge in [0.2, 0.25) is 0 Å². The minimum absolute atomic E-state index is 0.357. The van der Waals surface area contributed by atoms with Crippen molar-refractivity contribution in [3.63, 3.8) is 0 Å². The van der Waals surface area contributed by atoms with Crippen LogP contribution in [0.5, 0.6) is 0 Å². The van der Waals surface area contributed by atoms with Gasteiger partial charge in [-0.1, -0.05) is 0 Å². The maximum absolute atomic E-state index is 10.6. The van der Waals surface area contributed by atoms with Crippen LogP contribution in [0, 0.1) is 0 Å². The Bertz CT molecular complexity index is 156. The van der Waals surface area contributed by atoms with E-state index in [4.69, 9.17) is 19.3 Å². The standard InChI is InChI=1S/C5H11O5P/c6-11(7,8)5-9-3-1-2-4-10-5/h5H,1-4H2,(H2,6,7,8). The molecule has 0 amide bonds. The van der Waals surface area contributed by atoms with Crippen molar-refractivity contribution in [2.24, 2.45) is 0 Å². The van der Waals surface area contributed by atoms with Gasteiger partial charge in [0, 0.05) is 0 Å². The van der Waals surface area contributed by atoms with E-state index in [9.17, 15) is 4.57 Å². The fourth-order valence-corrected chi connectivity index (χ4v) is 1.41. The molecular weight excluding hydrogens is 171 g/mol. The second-order valence-electron chi connectivity index (χ2n) is 2.34. The van der Waals surface area contributed by atoms with Crippen LogP contribution in [0.3, 0.4) is 0 Å². The van der Waals surface area contributed by atoms with Crippen LogP contribution in [0.1, 0.15) is 12.8 Å². The van der Waals surface area contributed by atoms with Gasteiger partial charge >= 0.3 is 7.60 Å². The summed E-state index contributed by atoms with van der Waals surface area (Å²) in [5.41, 5.74) is 0. The predicted octanol–water partition coefficient (Wildman–Crippen LogP) is 0.275. The van der Waals surface area contributed by atoms with E-state index in [1.54, 1.807) is 0 Å². The smallest absolute Gasteiger partial charge is 0.343 e. The Morgan fingerprint density at radius 1 is 1.18 bits per heavy atom. The van der Waals surface area contributed by atoms with Crippen LogP contribution in [0.2, 0.25) is 0 Å². The minimum Gasteiger partial charge on any atom is -0.343 e. The summed E-state index contributed by atoms with van der Waals surface area (Å²) in [6, 6.07) is -1.34. The van der Waals surface area contributed by atoms with Crippen molar-refractivity contribution in [2.75, 3.05) is 13.2 Å². The third-order valence-corrected chi connectivity index (χ3v) is 2.18. The molecule has 2 N–H and O–H groups in total. The maximum atomic E-state index is 10.6. The van der Waals surface area contributed by atoms with Crippen LogP contribution in [0.4, 0.5) is 0 Å². The third-order valence-electron chi connectivity index (χ3n) is 1.33. The summed E-state index contributed by atoms with van der Waals surface area (Å²) in [6.45, 7) is 0.714. The van der Waals surface area contributed by atoms with Crippen molar-refractivity contribution in [3.8, 4) is 0 Å². The highest BCUT2D eigenvalue weighted by molar-refractivity contribution is 7.52. The van der Waals surface area contributed by atoms with Crippen molar-refractivity contribution < 1.29 is 23.8 Å². The summed E-state index contributed by atoms with van der Waals surface area (Å²) in [5, 5.41) is 0. The molecule has 0 aliphatic carbocycles. The average Bonchev–Trinajstić information content (AvgIpc) is 2.10. The lowest BCUT2D eigenvalue weighted by atomic mass is 10.3. The lowest BCUT2D eigenvalue weighted by Crippen LogP contribution is -2.15. The molecule has 6 heteroatoms. The molecular formula is C5H11O5P. The van der Waals surface area contributed by atoms with E-state index in [2.05, 4.69) is 0 Å². The summed E-state index contributed by atoms with van der Waals surface area (Å²) in [4.78, 5) is 17.3. The van der Waals surface area contributed by atoms with Crippen LogP contribution < -0.4 is 0 Å².